The van der Waals surface area contributed by atoms with Gasteiger partial charge in [0.15, 0.2) is 12.6 Å². The van der Waals surface area contributed by atoms with Crippen molar-refractivity contribution in [1.29, 1.82) is 0 Å². The first-order chi connectivity index (χ1) is 31.5. The Morgan fingerprint density at radius 1 is 0.642 bits per heavy atom. The number of aliphatic hydroxyl groups is 12. The van der Waals surface area contributed by atoms with Crippen LogP contribution in [0.4, 0.5) is 0 Å². The van der Waals surface area contributed by atoms with Gasteiger partial charge in [-0.05, 0) is 104 Å². The molecule has 0 aromatic heterocycles. The average molecular weight is 959 g/mol. The smallest absolute Gasteiger partial charge is 0.315 e. The van der Waals surface area contributed by atoms with Gasteiger partial charge < -0.3 is 89.7 Å². The van der Waals surface area contributed by atoms with Crippen molar-refractivity contribution < 1.29 is 94.5 Å². The van der Waals surface area contributed by atoms with Crippen molar-refractivity contribution in [3.63, 3.8) is 0 Å². The number of hydrogen-bond acceptors (Lipinski definition) is 19. The van der Waals surface area contributed by atoms with Gasteiger partial charge in [-0.25, -0.2) is 0 Å². The Morgan fingerprint density at radius 2 is 1.21 bits per heavy atom. The second-order valence-corrected chi connectivity index (χ2v) is 22.8. The molecule has 384 valence electrons. The summed E-state index contributed by atoms with van der Waals surface area (Å²) < 4.78 is 35.4. The van der Waals surface area contributed by atoms with E-state index < -0.39 is 135 Å². The van der Waals surface area contributed by atoms with Gasteiger partial charge in [0.1, 0.15) is 73.2 Å². The molecule has 0 aromatic rings. The topological polar surface area (TPSA) is 315 Å². The zero-order chi connectivity index (χ0) is 48.9. The van der Waals surface area contributed by atoms with Gasteiger partial charge in [-0.1, -0.05) is 53.2 Å². The summed E-state index contributed by atoms with van der Waals surface area (Å²) in [7, 11) is 0. The third kappa shape index (κ3) is 8.01. The molecule has 0 amide bonds. The number of carbonyl (C=O) groups excluding carboxylic acids is 1. The van der Waals surface area contributed by atoms with Crippen molar-refractivity contribution in [2.45, 2.75) is 198 Å². The predicted octanol–water partition coefficient (Wildman–Crippen LogP) is -1.03. The van der Waals surface area contributed by atoms with Crippen LogP contribution in [0.2, 0.25) is 0 Å². The lowest BCUT2D eigenvalue weighted by molar-refractivity contribution is -0.347. The summed E-state index contributed by atoms with van der Waals surface area (Å²) in [5, 5.41) is 127. The average Bonchev–Trinajstić information content (AvgIpc) is 3.30. The zero-order valence-electron chi connectivity index (χ0n) is 39.6. The van der Waals surface area contributed by atoms with E-state index in [0.29, 0.717) is 38.0 Å². The first kappa shape index (κ1) is 51.9. The van der Waals surface area contributed by atoms with Crippen LogP contribution in [-0.4, -0.2) is 192 Å². The fourth-order valence-electron chi connectivity index (χ4n) is 15.2. The minimum absolute atomic E-state index is 0.0493. The molecule has 0 bridgehead atoms. The number of fused-ring (bicyclic) bond motifs is 7. The number of allylic oxidation sites excluding steroid dienone is 2. The van der Waals surface area contributed by atoms with E-state index in [2.05, 4.69) is 40.7 Å². The molecule has 0 radical (unpaired) electrons. The Bertz CT molecular complexity index is 1800. The standard InChI is InChI=1S/C48H78O19/c1-21-9-14-48(43(61)67-42-39(60)35(56)32(53)25(18-50)64-42)16-15-46(5)23(30(48)22(21)2)7-8-28-44(3)12-11-29(45(4,20-51)27(44)10-13-47(28,46)6)66-41-38(59)36(57)33(54)26(65-41)19-62-40-37(58)34(55)31(52)24(17-49)63-40/h7,21-22,24-42,49-60H,8-20H2,1-6H3. The summed E-state index contributed by atoms with van der Waals surface area (Å²) in [6.07, 6.45) is -15.5. The zero-order valence-corrected chi connectivity index (χ0v) is 39.6. The minimum atomic E-state index is -1.73. The van der Waals surface area contributed by atoms with Crippen LogP contribution in [0.1, 0.15) is 99.3 Å². The summed E-state index contributed by atoms with van der Waals surface area (Å²) in [6.45, 7) is 11.4. The molecule has 5 aliphatic carbocycles. The molecular formula is C48H78O19. The van der Waals surface area contributed by atoms with Crippen LogP contribution in [-0.2, 0) is 33.2 Å². The number of ether oxygens (including phenoxy) is 6. The van der Waals surface area contributed by atoms with E-state index in [1.807, 2.05) is 6.92 Å². The van der Waals surface area contributed by atoms with E-state index in [9.17, 15) is 66.1 Å². The second-order valence-electron chi connectivity index (χ2n) is 22.8. The highest BCUT2D eigenvalue weighted by atomic mass is 16.7. The maximum Gasteiger partial charge on any atom is 0.315 e. The van der Waals surface area contributed by atoms with E-state index in [4.69, 9.17) is 28.4 Å². The molecule has 0 aromatic carbocycles. The highest BCUT2D eigenvalue weighted by Crippen LogP contribution is 2.76. The predicted molar refractivity (Wildman–Crippen MR) is 232 cm³/mol. The van der Waals surface area contributed by atoms with Crippen molar-refractivity contribution in [3.05, 3.63) is 11.6 Å². The minimum Gasteiger partial charge on any atom is -0.432 e. The molecule has 26 atom stereocenters. The van der Waals surface area contributed by atoms with Crippen molar-refractivity contribution in [3.8, 4) is 0 Å². The van der Waals surface area contributed by atoms with Crippen molar-refractivity contribution in [1.82, 2.24) is 0 Å². The maximum atomic E-state index is 14.7. The van der Waals surface area contributed by atoms with Gasteiger partial charge in [0.05, 0.1) is 37.9 Å². The van der Waals surface area contributed by atoms with Gasteiger partial charge in [-0.15, -0.1) is 0 Å². The Labute approximate surface area is 392 Å². The Kier molecular flexibility index (Phi) is 14.6. The summed E-state index contributed by atoms with van der Waals surface area (Å²) >= 11 is 0. The molecule has 4 saturated carbocycles. The molecular weight excluding hydrogens is 881 g/mol. The molecule has 3 saturated heterocycles. The van der Waals surface area contributed by atoms with Gasteiger partial charge in [0, 0.05) is 5.41 Å². The van der Waals surface area contributed by atoms with Gasteiger partial charge in [-0.2, -0.15) is 0 Å². The molecule has 8 aliphatic rings. The third-order valence-corrected chi connectivity index (χ3v) is 19.8. The van der Waals surface area contributed by atoms with Crippen LogP contribution in [0.3, 0.4) is 0 Å². The summed E-state index contributed by atoms with van der Waals surface area (Å²) in [5.74, 6) is -0.152. The lowest BCUT2D eigenvalue weighted by Gasteiger charge is -2.71. The summed E-state index contributed by atoms with van der Waals surface area (Å²) in [4.78, 5) is 14.7. The molecule has 12 N–H and O–H groups in total. The molecule has 8 rings (SSSR count). The molecule has 7 fully saturated rings. The fraction of sp³-hybridized carbons (Fsp3) is 0.938. The van der Waals surface area contributed by atoms with E-state index >= 15 is 0 Å². The van der Waals surface area contributed by atoms with Crippen LogP contribution in [0.15, 0.2) is 11.6 Å². The van der Waals surface area contributed by atoms with Crippen LogP contribution in [0.5, 0.6) is 0 Å². The van der Waals surface area contributed by atoms with Gasteiger partial charge >= 0.3 is 5.97 Å². The summed E-state index contributed by atoms with van der Waals surface area (Å²) in [6, 6.07) is 0. The molecule has 26 unspecified atom stereocenters. The van der Waals surface area contributed by atoms with Gasteiger partial charge in [0.2, 0.25) is 6.29 Å². The van der Waals surface area contributed by atoms with E-state index in [0.717, 1.165) is 25.7 Å². The molecule has 19 nitrogen and oxygen atoms in total. The lowest BCUT2D eigenvalue weighted by atomic mass is 9.33. The Morgan fingerprint density at radius 3 is 1.82 bits per heavy atom. The Balaban J connectivity index is 1.01. The van der Waals surface area contributed by atoms with Gasteiger partial charge in [-0.3, -0.25) is 4.79 Å². The number of esters is 1. The first-order valence-corrected chi connectivity index (χ1v) is 24.6. The monoisotopic (exact) mass is 959 g/mol. The number of carbonyl (C=O) groups is 1. The largest absolute Gasteiger partial charge is 0.432 e. The van der Waals surface area contributed by atoms with Crippen LogP contribution in [0, 0.1) is 56.7 Å². The first-order valence-electron chi connectivity index (χ1n) is 24.6. The molecule has 3 aliphatic heterocycles. The normalized spacial score (nSPS) is 55.6. The van der Waals surface area contributed by atoms with Crippen molar-refractivity contribution in [2.75, 3.05) is 26.4 Å². The SMILES string of the molecule is CC1CCC2(C(=O)OC3OC(CO)C(O)C(O)C3O)CCC3(C)C(=CCC4C5(C)CCC(OC6OC(COC7OC(CO)C(O)C(O)C7O)C(O)C(O)C6O)C(C)(CO)C5CCC43C)C2C1C. The molecule has 67 heavy (non-hydrogen) atoms. The molecule has 3 heterocycles. The fourth-order valence-corrected chi connectivity index (χ4v) is 15.2. The lowest BCUT2D eigenvalue weighted by Crippen LogP contribution is -2.67. The van der Waals surface area contributed by atoms with E-state index in [1.54, 1.807) is 0 Å². The quantitative estimate of drug-likeness (QED) is 0.0708. The van der Waals surface area contributed by atoms with Crippen molar-refractivity contribution in [2.24, 2.45) is 56.7 Å². The maximum absolute atomic E-state index is 14.7. The van der Waals surface area contributed by atoms with Crippen LogP contribution < -0.4 is 0 Å². The van der Waals surface area contributed by atoms with Crippen LogP contribution >= 0.6 is 0 Å². The second kappa shape index (κ2) is 18.9. The number of aliphatic hydroxyl groups excluding tert-OH is 12. The molecule has 0 spiro atoms. The highest BCUT2D eigenvalue weighted by Gasteiger charge is 2.71. The summed E-state index contributed by atoms with van der Waals surface area (Å²) in [5.41, 5.74) is -1.35. The van der Waals surface area contributed by atoms with Crippen LogP contribution in [0.25, 0.3) is 0 Å². The van der Waals surface area contributed by atoms with Crippen molar-refractivity contribution >= 4 is 5.97 Å². The molecule has 19 heteroatoms. The number of rotatable bonds is 10. The third-order valence-electron chi connectivity index (χ3n) is 19.8. The van der Waals surface area contributed by atoms with Gasteiger partial charge in [0.25, 0.3) is 0 Å². The number of hydrogen-bond donors (Lipinski definition) is 12. The van der Waals surface area contributed by atoms with E-state index in [1.165, 1.54) is 5.57 Å². The van der Waals surface area contributed by atoms with E-state index in [-0.39, 0.29) is 46.5 Å². The highest BCUT2D eigenvalue weighted by molar-refractivity contribution is 5.79. The Hall–Kier alpha value is -1.47.